The summed E-state index contributed by atoms with van der Waals surface area (Å²) in [6.07, 6.45) is 4.09. The predicted molar refractivity (Wildman–Crippen MR) is 104 cm³/mol. The van der Waals surface area contributed by atoms with Crippen molar-refractivity contribution in [3.05, 3.63) is 64.1 Å². The molecule has 0 fully saturated rings. The van der Waals surface area contributed by atoms with Crippen molar-refractivity contribution < 1.29 is 0 Å². The van der Waals surface area contributed by atoms with Crippen LogP contribution in [0.25, 0.3) is 10.9 Å². The summed E-state index contributed by atoms with van der Waals surface area (Å²) < 4.78 is 2.54. The van der Waals surface area contributed by atoms with Crippen LogP contribution in [0.1, 0.15) is 35.5 Å². The van der Waals surface area contributed by atoms with Gasteiger partial charge in [-0.25, -0.2) is 0 Å². The second-order valence-corrected chi connectivity index (χ2v) is 7.74. The first kappa shape index (κ1) is 16.6. The van der Waals surface area contributed by atoms with E-state index in [0.717, 1.165) is 36.6 Å². The minimum Gasteiger partial charge on any atom is -0.341 e. The largest absolute Gasteiger partial charge is 0.341 e. The third-order valence-corrected chi connectivity index (χ3v) is 5.52. The fourth-order valence-corrected chi connectivity index (χ4v) is 4.23. The zero-order valence-corrected chi connectivity index (χ0v) is 15.8. The molecule has 3 aromatic rings. The Morgan fingerprint density at radius 2 is 2.08 bits per heavy atom. The first-order chi connectivity index (χ1) is 12.0. The highest BCUT2D eigenvalue weighted by Gasteiger charge is 2.24. The van der Waals surface area contributed by atoms with Crippen LogP contribution in [0.2, 0.25) is 5.02 Å². The molecule has 0 spiro atoms. The van der Waals surface area contributed by atoms with Crippen molar-refractivity contribution in [2.45, 2.75) is 39.3 Å². The fourth-order valence-electron chi connectivity index (χ4n) is 4.05. The lowest BCUT2D eigenvalue weighted by atomic mass is 10.0. The van der Waals surface area contributed by atoms with Gasteiger partial charge in [0.05, 0.1) is 0 Å². The van der Waals surface area contributed by atoms with Crippen LogP contribution in [-0.2, 0) is 19.4 Å². The monoisotopic (exact) mass is 353 g/mol. The summed E-state index contributed by atoms with van der Waals surface area (Å²) >= 11 is 6.30. The average molecular weight is 354 g/mol. The maximum atomic E-state index is 6.30. The van der Waals surface area contributed by atoms with Gasteiger partial charge in [0.25, 0.3) is 0 Å². The van der Waals surface area contributed by atoms with Crippen LogP contribution in [0, 0.1) is 6.92 Å². The molecule has 0 saturated carbocycles. The van der Waals surface area contributed by atoms with Gasteiger partial charge in [-0.3, -0.25) is 4.98 Å². The lowest BCUT2D eigenvalue weighted by Crippen LogP contribution is -2.28. The van der Waals surface area contributed by atoms with Gasteiger partial charge in [-0.05, 0) is 62.7 Å². The van der Waals surface area contributed by atoms with Crippen molar-refractivity contribution in [1.82, 2.24) is 14.5 Å². The third-order valence-electron chi connectivity index (χ3n) is 5.29. The lowest BCUT2D eigenvalue weighted by molar-refractivity contribution is 0.307. The van der Waals surface area contributed by atoms with E-state index in [4.69, 9.17) is 11.6 Å². The molecule has 1 aliphatic heterocycles. The smallest absolute Gasteiger partial charge is 0.0489 e. The third kappa shape index (κ3) is 3.07. The number of halogens is 1. The average Bonchev–Trinajstić information content (AvgIpc) is 2.90. The Balaban J connectivity index is 1.79. The van der Waals surface area contributed by atoms with E-state index in [2.05, 4.69) is 52.7 Å². The van der Waals surface area contributed by atoms with Gasteiger partial charge in [-0.2, -0.15) is 0 Å². The second kappa shape index (κ2) is 6.47. The van der Waals surface area contributed by atoms with Crippen LogP contribution in [0.3, 0.4) is 0 Å². The number of hydrogen-bond acceptors (Lipinski definition) is 2. The van der Waals surface area contributed by atoms with Crippen LogP contribution in [0.5, 0.6) is 0 Å². The summed E-state index contributed by atoms with van der Waals surface area (Å²) in [6, 6.07) is 11.0. The number of aromatic nitrogens is 2. The van der Waals surface area contributed by atoms with Gasteiger partial charge in [0.15, 0.2) is 0 Å². The Hall–Kier alpha value is -1.84. The number of likely N-dealkylation sites (N-methyl/N-ethyl adjacent to an activating group) is 1. The van der Waals surface area contributed by atoms with Gasteiger partial charge in [-0.1, -0.05) is 17.7 Å². The molecule has 1 aromatic carbocycles. The predicted octanol–water partition coefficient (Wildman–Crippen LogP) is 4.79. The number of aryl methyl sites for hydroxylation is 1. The normalized spacial score (nSPS) is 16.2. The van der Waals surface area contributed by atoms with Crippen molar-refractivity contribution in [1.29, 1.82) is 0 Å². The van der Waals surface area contributed by atoms with Gasteiger partial charge in [-0.15, -0.1) is 0 Å². The number of fused-ring (bicyclic) bond motifs is 3. The number of nitrogens with zero attached hydrogens (tertiary/aromatic N) is 3. The van der Waals surface area contributed by atoms with Gasteiger partial charge in [0.2, 0.25) is 0 Å². The first-order valence-corrected chi connectivity index (χ1v) is 9.32. The molecule has 1 atom stereocenters. The molecule has 130 valence electrons. The standard InChI is InChI=1S/C21H24ClN3/c1-14-4-5-16(12-23-14)10-15(2)25-20-7-6-17(22)11-18(20)19-13-24(3)9-8-21(19)25/h4-7,11-12,15H,8-10,13H2,1-3H3. The van der Waals surface area contributed by atoms with Gasteiger partial charge >= 0.3 is 0 Å². The molecule has 0 aliphatic carbocycles. The molecule has 4 rings (SSSR count). The quantitative estimate of drug-likeness (QED) is 0.675. The maximum Gasteiger partial charge on any atom is 0.0489 e. The number of hydrogen-bond donors (Lipinski definition) is 0. The molecule has 0 N–H and O–H groups in total. The molecule has 1 aliphatic rings. The maximum absolute atomic E-state index is 6.30. The van der Waals surface area contributed by atoms with Crippen molar-refractivity contribution >= 4 is 22.5 Å². The first-order valence-electron chi connectivity index (χ1n) is 8.94. The van der Waals surface area contributed by atoms with E-state index < -0.39 is 0 Å². The minimum atomic E-state index is 0.389. The summed E-state index contributed by atoms with van der Waals surface area (Å²) in [6.45, 7) is 6.45. The highest BCUT2D eigenvalue weighted by Crippen LogP contribution is 2.35. The Bertz CT molecular complexity index is 911. The lowest BCUT2D eigenvalue weighted by Gasteiger charge is -2.26. The molecular formula is C21H24ClN3. The minimum absolute atomic E-state index is 0.389. The molecule has 3 nitrogen and oxygen atoms in total. The highest BCUT2D eigenvalue weighted by atomic mass is 35.5. The molecular weight excluding hydrogens is 330 g/mol. The second-order valence-electron chi connectivity index (χ2n) is 7.31. The Labute approximate surface area is 154 Å². The van der Waals surface area contributed by atoms with E-state index in [0.29, 0.717) is 6.04 Å². The zero-order valence-electron chi connectivity index (χ0n) is 15.1. The molecule has 25 heavy (non-hydrogen) atoms. The van der Waals surface area contributed by atoms with Gasteiger partial charge in [0, 0.05) is 59.1 Å². The van der Waals surface area contributed by atoms with E-state index >= 15 is 0 Å². The van der Waals surface area contributed by atoms with Crippen LogP contribution in [-0.4, -0.2) is 28.0 Å². The van der Waals surface area contributed by atoms with E-state index in [1.165, 1.54) is 27.7 Å². The van der Waals surface area contributed by atoms with Crippen LogP contribution >= 0.6 is 11.6 Å². The van der Waals surface area contributed by atoms with Crippen molar-refractivity contribution in [2.75, 3.05) is 13.6 Å². The van der Waals surface area contributed by atoms with Crippen LogP contribution in [0.15, 0.2) is 36.5 Å². The molecule has 4 heteroatoms. The summed E-state index contributed by atoms with van der Waals surface area (Å²) in [5, 5.41) is 2.12. The number of pyridine rings is 1. The zero-order chi connectivity index (χ0) is 17.6. The van der Waals surface area contributed by atoms with Gasteiger partial charge in [0.1, 0.15) is 0 Å². The molecule has 2 aromatic heterocycles. The molecule has 0 saturated heterocycles. The topological polar surface area (TPSA) is 21.1 Å². The molecule has 3 heterocycles. The highest BCUT2D eigenvalue weighted by molar-refractivity contribution is 6.31. The Morgan fingerprint density at radius 3 is 2.84 bits per heavy atom. The van der Waals surface area contributed by atoms with E-state index in [1.807, 2.05) is 19.2 Å². The molecule has 0 amide bonds. The van der Waals surface area contributed by atoms with Crippen LogP contribution < -0.4 is 0 Å². The summed E-state index contributed by atoms with van der Waals surface area (Å²) in [4.78, 5) is 6.84. The van der Waals surface area contributed by atoms with E-state index in [-0.39, 0.29) is 0 Å². The SMILES string of the molecule is Cc1ccc(CC(C)n2c3c(c4cc(Cl)ccc42)CN(C)CC3)cn1. The summed E-state index contributed by atoms with van der Waals surface area (Å²) in [5.74, 6) is 0. The van der Waals surface area contributed by atoms with Gasteiger partial charge < -0.3 is 9.47 Å². The van der Waals surface area contributed by atoms with Crippen molar-refractivity contribution in [3.63, 3.8) is 0 Å². The van der Waals surface area contributed by atoms with Crippen LogP contribution in [0.4, 0.5) is 0 Å². The van der Waals surface area contributed by atoms with Crippen molar-refractivity contribution in [2.24, 2.45) is 0 Å². The van der Waals surface area contributed by atoms with E-state index in [1.54, 1.807) is 0 Å². The van der Waals surface area contributed by atoms with E-state index in [9.17, 15) is 0 Å². The summed E-state index contributed by atoms with van der Waals surface area (Å²) in [7, 11) is 2.19. The molecule has 1 unspecified atom stereocenters. The Kier molecular flexibility index (Phi) is 4.30. The summed E-state index contributed by atoms with van der Waals surface area (Å²) in [5.41, 5.74) is 6.58. The fraction of sp³-hybridized carbons (Fsp3) is 0.381. The number of benzene rings is 1. The molecule has 0 bridgehead atoms. The molecule has 0 radical (unpaired) electrons. The number of rotatable bonds is 3. The Morgan fingerprint density at radius 1 is 1.24 bits per heavy atom. The van der Waals surface area contributed by atoms with Crippen molar-refractivity contribution in [3.8, 4) is 0 Å².